The van der Waals surface area contributed by atoms with Crippen molar-refractivity contribution in [2.24, 2.45) is 0 Å². The van der Waals surface area contributed by atoms with Crippen LogP contribution in [0.2, 0.25) is 0 Å². The van der Waals surface area contributed by atoms with E-state index in [4.69, 9.17) is 14.3 Å². The Morgan fingerprint density at radius 3 is 2.81 bits per heavy atom. The van der Waals surface area contributed by atoms with E-state index in [0.29, 0.717) is 24.5 Å². The fourth-order valence-electron chi connectivity index (χ4n) is 2.89. The van der Waals surface area contributed by atoms with Gasteiger partial charge in [-0.3, -0.25) is 9.59 Å². The molecule has 0 spiro atoms. The summed E-state index contributed by atoms with van der Waals surface area (Å²) in [7, 11) is 0. The lowest BCUT2D eigenvalue weighted by Gasteiger charge is -2.16. The van der Waals surface area contributed by atoms with Gasteiger partial charge in [0.1, 0.15) is 22.8 Å². The number of carboxylic acid groups (broad SMARTS) is 1. The number of hydrogen-bond acceptors (Lipinski definition) is 5. The van der Waals surface area contributed by atoms with Gasteiger partial charge in [0.15, 0.2) is 6.61 Å². The summed E-state index contributed by atoms with van der Waals surface area (Å²) in [4.78, 5) is 36.4. The first-order valence-electron chi connectivity index (χ1n) is 8.56. The lowest BCUT2D eigenvalue weighted by molar-refractivity contribution is -0.123. The molecule has 27 heavy (non-hydrogen) atoms. The second-order valence-corrected chi connectivity index (χ2v) is 6.20. The summed E-state index contributed by atoms with van der Waals surface area (Å²) in [5.74, 6) is -0.232. The van der Waals surface area contributed by atoms with Crippen LogP contribution in [0.1, 0.15) is 34.7 Å². The van der Waals surface area contributed by atoms with Crippen LogP contribution in [0.5, 0.6) is 5.75 Å². The van der Waals surface area contributed by atoms with E-state index in [1.807, 2.05) is 6.07 Å². The van der Waals surface area contributed by atoms with Crippen LogP contribution in [-0.4, -0.2) is 36.0 Å². The van der Waals surface area contributed by atoms with Crippen molar-refractivity contribution in [3.8, 4) is 5.75 Å². The molecule has 0 aliphatic carbocycles. The Morgan fingerprint density at radius 2 is 2.15 bits per heavy atom. The smallest absolute Gasteiger partial charge is 0.339 e. The van der Waals surface area contributed by atoms with E-state index in [-0.39, 0.29) is 36.3 Å². The molecule has 8 nitrogen and oxygen atoms in total. The number of anilines is 1. The van der Waals surface area contributed by atoms with Gasteiger partial charge in [0.05, 0.1) is 6.54 Å². The Hall–Kier alpha value is -3.29. The molecule has 1 aliphatic heterocycles. The maximum atomic E-state index is 11.9. The maximum absolute atomic E-state index is 11.9. The number of carbonyl (C=O) groups excluding carboxylic acids is 2. The minimum absolute atomic E-state index is 0.0681. The van der Waals surface area contributed by atoms with Gasteiger partial charge in [-0.1, -0.05) is 6.07 Å². The van der Waals surface area contributed by atoms with Crippen LogP contribution in [0.4, 0.5) is 5.69 Å². The molecule has 2 amide bonds. The molecule has 1 aliphatic rings. The van der Waals surface area contributed by atoms with Crippen LogP contribution in [0.25, 0.3) is 0 Å². The quantitative estimate of drug-likeness (QED) is 0.770. The molecule has 2 aromatic rings. The highest BCUT2D eigenvalue weighted by Gasteiger charge is 2.22. The maximum Gasteiger partial charge on any atom is 0.339 e. The van der Waals surface area contributed by atoms with Crippen molar-refractivity contribution in [1.29, 1.82) is 0 Å². The molecule has 0 atom stereocenters. The zero-order chi connectivity index (χ0) is 19.4. The lowest BCUT2D eigenvalue weighted by Crippen LogP contribution is -2.28. The third-order valence-electron chi connectivity index (χ3n) is 4.23. The van der Waals surface area contributed by atoms with Crippen molar-refractivity contribution >= 4 is 23.5 Å². The molecule has 142 valence electrons. The number of nitrogens with zero attached hydrogens (tertiary/aromatic N) is 1. The van der Waals surface area contributed by atoms with E-state index in [9.17, 15) is 14.4 Å². The van der Waals surface area contributed by atoms with Crippen LogP contribution < -0.4 is 15.0 Å². The van der Waals surface area contributed by atoms with Crippen LogP contribution in [0, 0.1) is 6.92 Å². The number of benzene rings is 1. The average Bonchev–Trinajstić information content (AvgIpc) is 3.24. The summed E-state index contributed by atoms with van der Waals surface area (Å²) in [6.45, 7) is 2.10. The highest BCUT2D eigenvalue weighted by Crippen LogP contribution is 2.25. The van der Waals surface area contributed by atoms with Gasteiger partial charge in [-0.2, -0.15) is 0 Å². The fraction of sp³-hybridized carbons (Fsp3) is 0.316. The highest BCUT2D eigenvalue weighted by molar-refractivity contribution is 5.95. The second kappa shape index (κ2) is 7.94. The number of carboxylic acids is 1. The minimum atomic E-state index is -1.08. The number of nitrogens with one attached hydrogen (secondary N) is 1. The highest BCUT2D eigenvalue weighted by atomic mass is 16.5. The van der Waals surface area contributed by atoms with Crippen molar-refractivity contribution < 1.29 is 28.6 Å². The number of carbonyl (C=O) groups is 3. The number of ether oxygens (including phenoxy) is 1. The van der Waals surface area contributed by atoms with Crippen molar-refractivity contribution in [3.05, 3.63) is 47.4 Å². The standard InChI is InChI=1S/C19H20N2O6/c1-12-16(19(24)25)9-15(27-12)10-20-17(22)11-26-14-5-2-4-13(8-14)21-7-3-6-18(21)23/h2,4-5,8-9H,3,6-7,10-11H2,1H3,(H,20,22)(H,24,25). The van der Waals surface area contributed by atoms with E-state index in [1.165, 1.54) is 6.07 Å². The van der Waals surface area contributed by atoms with E-state index in [1.54, 1.807) is 30.0 Å². The van der Waals surface area contributed by atoms with E-state index >= 15 is 0 Å². The Bertz CT molecular complexity index is 873. The first-order chi connectivity index (χ1) is 12.9. The summed E-state index contributed by atoms with van der Waals surface area (Å²) in [6.07, 6.45) is 1.38. The Balaban J connectivity index is 1.51. The third kappa shape index (κ3) is 4.46. The van der Waals surface area contributed by atoms with Gasteiger partial charge < -0.3 is 24.5 Å². The van der Waals surface area contributed by atoms with Crippen molar-refractivity contribution in [1.82, 2.24) is 5.32 Å². The van der Waals surface area contributed by atoms with Gasteiger partial charge in [-0.15, -0.1) is 0 Å². The summed E-state index contributed by atoms with van der Waals surface area (Å²) in [5, 5.41) is 11.6. The van der Waals surface area contributed by atoms with Gasteiger partial charge in [0.2, 0.25) is 5.91 Å². The first-order valence-corrected chi connectivity index (χ1v) is 8.56. The summed E-state index contributed by atoms with van der Waals surface area (Å²) in [5.41, 5.74) is 0.825. The Kier molecular flexibility index (Phi) is 5.44. The lowest BCUT2D eigenvalue weighted by atomic mass is 10.2. The van der Waals surface area contributed by atoms with E-state index in [0.717, 1.165) is 12.1 Å². The first kappa shape index (κ1) is 18.5. The molecule has 0 radical (unpaired) electrons. The molecular weight excluding hydrogens is 352 g/mol. The normalized spacial score (nSPS) is 13.7. The Labute approximate surface area is 155 Å². The SMILES string of the molecule is Cc1oc(CNC(=O)COc2cccc(N3CCCC3=O)c2)cc1C(=O)O. The minimum Gasteiger partial charge on any atom is -0.484 e. The molecule has 2 heterocycles. The van der Waals surface area contributed by atoms with E-state index in [2.05, 4.69) is 5.32 Å². The van der Waals surface area contributed by atoms with Gasteiger partial charge >= 0.3 is 5.97 Å². The van der Waals surface area contributed by atoms with Gasteiger partial charge in [-0.05, 0) is 31.5 Å². The van der Waals surface area contributed by atoms with Crippen LogP contribution in [0.3, 0.4) is 0 Å². The number of aryl methyl sites for hydroxylation is 1. The molecule has 0 bridgehead atoms. The number of aromatic carboxylic acids is 1. The molecule has 8 heteroatoms. The van der Waals surface area contributed by atoms with Crippen LogP contribution in [0.15, 0.2) is 34.7 Å². The predicted molar refractivity (Wildman–Crippen MR) is 95.8 cm³/mol. The molecular formula is C19H20N2O6. The number of furan rings is 1. The number of hydrogen-bond donors (Lipinski definition) is 2. The molecule has 1 aromatic heterocycles. The zero-order valence-electron chi connectivity index (χ0n) is 14.9. The molecule has 1 fully saturated rings. The second-order valence-electron chi connectivity index (χ2n) is 6.20. The fourth-order valence-corrected chi connectivity index (χ4v) is 2.89. The molecule has 3 rings (SSSR count). The predicted octanol–water partition coefficient (Wildman–Crippen LogP) is 2.11. The summed E-state index contributed by atoms with van der Waals surface area (Å²) in [6, 6.07) is 8.43. The van der Waals surface area contributed by atoms with Crippen molar-refractivity contribution in [2.75, 3.05) is 18.1 Å². The zero-order valence-corrected chi connectivity index (χ0v) is 14.9. The van der Waals surface area contributed by atoms with Gasteiger partial charge in [0.25, 0.3) is 5.91 Å². The molecule has 1 aromatic carbocycles. The number of rotatable bonds is 7. The number of amides is 2. The average molecular weight is 372 g/mol. The van der Waals surface area contributed by atoms with Gasteiger partial charge in [-0.25, -0.2) is 4.79 Å². The topological polar surface area (TPSA) is 109 Å². The molecule has 2 N–H and O–H groups in total. The van der Waals surface area contributed by atoms with Crippen molar-refractivity contribution in [3.63, 3.8) is 0 Å². The molecule has 0 saturated carbocycles. The van der Waals surface area contributed by atoms with Crippen molar-refractivity contribution in [2.45, 2.75) is 26.3 Å². The summed E-state index contributed by atoms with van der Waals surface area (Å²) < 4.78 is 10.8. The van der Waals surface area contributed by atoms with Crippen LogP contribution in [-0.2, 0) is 16.1 Å². The largest absolute Gasteiger partial charge is 0.484 e. The van der Waals surface area contributed by atoms with Gasteiger partial charge in [0, 0.05) is 24.7 Å². The molecule has 0 unspecified atom stereocenters. The Morgan fingerprint density at radius 1 is 1.33 bits per heavy atom. The molecule has 1 saturated heterocycles. The third-order valence-corrected chi connectivity index (χ3v) is 4.23. The van der Waals surface area contributed by atoms with Crippen LogP contribution >= 0.6 is 0 Å². The monoisotopic (exact) mass is 372 g/mol. The summed E-state index contributed by atoms with van der Waals surface area (Å²) >= 11 is 0. The van der Waals surface area contributed by atoms with E-state index < -0.39 is 5.97 Å².